The highest BCUT2D eigenvalue weighted by Crippen LogP contribution is 2.16. The van der Waals surface area contributed by atoms with Gasteiger partial charge in [0.25, 0.3) is 0 Å². The number of benzene rings is 1. The summed E-state index contributed by atoms with van der Waals surface area (Å²) in [5.74, 6) is 2.00. The predicted molar refractivity (Wildman–Crippen MR) is 81.2 cm³/mol. The Morgan fingerprint density at radius 3 is 2.55 bits per heavy atom. The monoisotopic (exact) mass is 266 g/mol. The number of aryl methyl sites for hydroxylation is 1. The van der Waals surface area contributed by atoms with Crippen LogP contribution in [0.1, 0.15) is 18.4 Å². The fourth-order valence-electron chi connectivity index (χ4n) is 2.18. The van der Waals surface area contributed by atoms with E-state index in [4.69, 9.17) is 4.42 Å². The number of aromatic nitrogens is 1. The smallest absolute Gasteiger partial charge is 0.123 e. The summed E-state index contributed by atoms with van der Waals surface area (Å²) in [6, 6.07) is 16.4. The van der Waals surface area contributed by atoms with Crippen LogP contribution >= 0.6 is 0 Å². The molecule has 3 rings (SSSR count). The average molecular weight is 266 g/mol. The lowest BCUT2D eigenvalue weighted by Crippen LogP contribution is -1.99. The van der Waals surface area contributed by atoms with Gasteiger partial charge in [-0.1, -0.05) is 13.0 Å². The third kappa shape index (κ3) is 2.77. The summed E-state index contributed by atoms with van der Waals surface area (Å²) in [4.78, 5) is 0. The fourth-order valence-corrected chi connectivity index (χ4v) is 2.18. The first kappa shape index (κ1) is 12.6. The van der Waals surface area contributed by atoms with Crippen LogP contribution in [0.2, 0.25) is 0 Å². The maximum atomic E-state index is 5.69. The van der Waals surface area contributed by atoms with Crippen molar-refractivity contribution in [1.82, 2.24) is 4.57 Å². The molecule has 0 aliphatic rings. The van der Waals surface area contributed by atoms with Crippen LogP contribution < -0.4 is 5.32 Å². The quantitative estimate of drug-likeness (QED) is 0.748. The molecule has 0 saturated heterocycles. The zero-order valence-corrected chi connectivity index (χ0v) is 11.5. The van der Waals surface area contributed by atoms with Gasteiger partial charge in [0.15, 0.2) is 0 Å². The van der Waals surface area contributed by atoms with Gasteiger partial charge in [-0.3, -0.25) is 0 Å². The molecule has 2 aromatic heterocycles. The standard InChI is InChI=1S/C17H18N2O/c1-2-16-8-9-17(20-16)13-18-14-6-5-7-15(12-14)19-10-3-4-11-19/h3-12,18H,2,13H2,1H3. The van der Waals surface area contributed by atoms with Crippen molar-refractivity contribution in [3.05, 3.63) is 72.4 Å². The molecule has 3 aromatic rings. The summed E-state index contributed by atoms with van der Waals surface area (Å²) in [5, 5.41) is 3.39. The average Bonchev–Trinajstić information content (AvgIpc) is 3.17. The maximum absolute atomic E-state index is 5.69. The third-order valence-electron chi connectivity index (χ3n) is 3.28. The molecule has 0 spiro atoms. The number of hydrogen-bond donors (Lipinski definition) is 1. The van der Waals surface area contributed by atoms with E-state index in [0.29, 0.717) is 6.54 Å². The minimum atomic E-state index is 0.704. The normalized spacial score (nSPS) is 10.7. The van der Waals surface area contributed by atoms with Crippen molar-refractivity contribution in [3.63, 3.8) is 0 Å². The van der Waals surface area contributed by atoms with Crippen LogP contribution in [0, 0.1) is 0 Å². The second-order valence-electron chi connectivity index (χ2n) is 4.72. The van der Waals surface area contributed by atoms with Gasteiger partial charge in [0, 0.05) is 30.2 Å². The van der Waals surface area contributed by atoms with Crippen molar-refractivity contribution in [2.24, 2.45) is 0 Å². The Labute approximate surface area is 118 Å². The van der Waals surface area contributed by atoms with E-state index >= 15 is 0 Å². The van der Waals surface area contributed by atoms with E-state index in [-0.39, 0.29) is 0 Å². The van der Waals surface area contributed by atoms with Crippen molar-refractivity contribution in [1.29, 1.82) is 0 Å². The fraction of sp³-hybridized carbons (Fsp3) is 0.176. The van der Waals surface area contributed by atoms with E-state index in [1.165, 1.54) is 0 Å². The summed E-state index contributed by atoms with van der Waals surface area (Å²) in [6.07, 6.45) is 5.02. The van der Waals surface area contributed by atoms with E-state index in [1.807, 2.05) is 36.7 Å². The Morgan fingerprint density at radius 1 is 1.00 bits per heavy atom. The number of hydrogen-bond acceptors (Lipinski definition) is 2. The maximum Gasteiger partial charge on any atom is 0.123 e. The molecule has 0 bridgehead atoms. The lowest BCUT2D eigenvalue weighted by Gasteiger charge is -2.08. The number of nitrogens with one attached hydrogen (secondary N) is 1. The molecule has 0 amide bonds. The first-order chi connectivity index (χ1) is 9.85. The molecule has 0 unspecified atom stereocenters. The van der Waals surface area contributed by atoms with Crippen LogP contribution in [-0.2, 0) is 13.0 Å². The Bertz CT molecular complexity index is 668. The zero-order chi connectivity index (χ0) is 13.8. The van der Waals surface area contributed by atoms with Crippen molar-refractivity contribution in [2.45, 2.75) is 19.9 Å². The van der Waals surface area contributed by atoms with Crippen LogP contribution in [0.25, 0.3) is 5.69 Å². The second kappa shape index (κ2) is 5.70. The lowest BCUT2D eigenvalue weighted by atomic mass is 10.2. The minimum Gasteiger partial charge on any atom is -0.464 e. The first-order valence-corrected chi connectivity index (χ1v) is 6.90. The summed E-state index contributed by atoms with van der Waals surface area (Å²) in [7, 11) is 0. The zero-order valence-electron chi connectivity index (χ0n) is 11.5. The molecule has 0 fully saturated rings. The van der Waals surface area contributed by atoms with Crippen molar-refractivity contribution >= 4 is 5.69 Å². The number of anilines is 1. The van der Waals surface area contributed by atoms with E-state index in [9.17, 15) is 0 Å². The van der Waals surface area contributed by atoms with Crippen LogP contribution in [0.3, 0.4) is 0 Å². The highest BCUT2D eigenvalue weighted by Gasteiger charge is 2.01. The first-order valence-electron chi connectivity index (χ1n) is 6.90. The van der Waals surface area contributed by atoms with E-state index in [2.05, 4.69) is 41.1 Å². The van der Waals surface area contributed by atoms with E-state index in [0.717, 1.165) is 29.3 Å². The van der Waals surface area contributed by atoms with E-state index < -0.39 is 0 Å². The summed E-state index contributed by atoms with van der Waals surface area (Å²) >= 11 is 0. The number of rotatable bonds is 5. The van der Waals surface area contributed by atoms with Crippen LogP contribution in [0.4, 0.5) is 5.69 Å². The SMILES string of the molecule is CCc1ccc(CNc2cccc(-n3cccc3)c2)o1. The molecule has 1 N–H and O–H groups in total. The molecule has 2 heterocycles. The van der Waals surface area contributed by atoms with Crippen LogP contribution in [0.5, 0.6) is 0 Å². The Kier molecular flexibility index (Phi) is 3.59. The minimum absolute atomic E-state index is 0.704. The Morgan fingerprint density at radius 2 is 1.80 bits per heavy atom. The number of nitrogens with zero attached hydrogens (tertiary/aromatic N) is 1. The van der Waals surface area contributed by atoms with Crippen LogP contribution in [-0.4, -0.2) is 4.57 Å². The molecule has 0 atom stereocenters. The van der Waals surface area contributed by atoms with Crippen molar-refractivity contribution < 1.29 is 4.42 Å². The molecular formula is C17H18N2O. The lowest BCUT2D eigenvalue weighted by molar-refractivity contribution is 0.476. The van der Waals surface area contributed by atoms with Gasteiger partial charge in [-0.25, -0.2) is 0 Å². The predicted octanol–water partition coefficient (Wildman–Crippen LogP) is 4.24. The van der Waals surface area contributed by atoms with E-state index in [1.54, 1.807) is 0 Å². The topological polar surface area (TPSA) is 30.1 Å². The Hall–Kier alpha value is -2.42. The van der Waals surface area contributed by atoms with Crippen LogP contribution in [0.15, 0.2) is 65.3 Å². The molecule has 0 saturated carbocycles. The molecule has 20 heavy (non-hydrogen) atoms. The van der Waals surface area contributed by atoms with Gasteiger partial charge in [0.1, 0.15) is 11.5 Å². The number of furan rings is 1. The molecule has 0 radical (unpaired) electrons. The summed E-state index contributed by atoms with van der Waals surface area (Å²) < 4.78 is 7.78. The highest BCUT2D eigenvalue weighted by atomic mass is 16.3. The molecule has 102 valence electrons. The van der Waals surface area contributed by atoms with Gasteiger partial charge in [-0.15, -0.1) is 0 Å². The van der Waals surface area contributed by atoms with Crippen molar-refractivity contribution in [3.8, 4) is 5.69 Å². The van der Waals surface area contributed by atoms with Gasteiger partial charge >= 0.3 is 0 Å². The van der Waals surface area contributed by atoms with Gasteiger partial charge < -0.3 is 14.3 Å². The van der Waals surface area contributed by atoms with Gasteiger partial charge in [-0.05, 0) is 42.5 Å². The Balaban J connectivity index is 1.70. The molecule has 3 heteroatoms. The van der Waals surface area contributed by atoms with Gasteiger partial charge in [0.05, 0.1) is 6.54 Å². The molecule has 0 aliphatic heterocycles. The summed E-state index contributed by atoms with van der Waals surface area (Å²) in [6.45, 7) is 2.80. The molecular weight excluding hydrogens is 248 g/mol. The largest absolute Gasteiger partial charge is 0.464 e. The molecule has 3 nitrogen and oxygen atoms in total. The molecule has 0 aliphatic carbocycles. The summed E-state index contributed by atoms with van der Waals surface area (Å²) in [5.41, 5.74) is 2.24. The highest BCUT2D eigenvalue weighted by molar-refractivity contribution is 5.51. The second-order valence-corrected chi connectivity index (χ2v) is 4.72. The van der Waals surface area contributed by atoms with Crippen molar-refractivity contribution in [2.75, 3.05) is 5.32 Å². The molecule has 1 aromatic carbocycles. The van der Waals surface area contributed by atoms with Gasteiger partial charge in [0.2, 0.25) is 0 Å². The third-order valence-corrected chi connectivity index (χ3v) is 3.28. The van der Waals surface area contributed by atoms with Gasteiger partial charge in [-0.2, -0.15) is 0 Å².